The Morgan fingerprint density at radius 1 is 1.00 bits per heavy atom. The molecule has 1 heterocycles. The molecule has 0 aliphatic carbocycles. The number of carbonyl (C=O) groups excluding carboxylic acids is 2. The lowest BCUT2D eigenvalue weighted by atomic mass is 10.2. The number of nitrogens with one attached hydrogen (secondary N) is 2. The molecule has 0 aromatic heterocycles. The van der Waals surface area contributed by atoms with Crippen LogP contribution in [0.1, 0.15) is 15.9 Å². The van der Waals surface area contributed by atoms with Crippen LogP contribution in [-0.2, 0) is 4.79 Å². The van der Waals surface area contributed by atoms with Crippen molar-refractivity contribution in [1.82, 2.24) is 10.9 Å². The first-order valence-corrected chi connectivity index (χ1v) is 7.98. The van der Waals surface area contributed by atoms with Gasteiger partial charge in [-0.05, 0) is 48.0 Å². The van der Waals surface area contributed by atoms with Crippen LogP contribution in [0, 0.1) is 0 Å². The Morgan fingerprint density at radius 2 is 1.73 bits per heavy atom. The average Bonchev–Trinajstić information content (AvgIpc) is 3.12. The van der Waals surface area contributed by atoms with Crippen LogP contribution in [0.4, 0.5) is 5.69 Å². The minimum absolute atomic E-state index is 0.199. The molecule has 1 aliphatic heterocycles. The van der Waals surface area contributed by atoms with Crippen LogP contribution in [0.5, 0.6) is 11.5 Å². The van der Waals surface area contributed by atoms with Gasteiger partial charge >= 0.3 is 0 Å². The van der Waals surface area contributed by atoms with Crippen LogP contribution >= 0.6 is 0 Å². The number of carbonyl (C=O) groups is 2. The Bertz CT molecular complexity index is 844. The van der Waals surface area contributed by atoms with Crippen molar-refractivity contribution in [2.75, 3.05) is 25.8 Å². The van der Waals surface area contributed by atoms with Gasteiger partial charge < -0.3 is 14.4 Å². The number of hydrogen-bond donors (Lipinski definition) is 2. The minimum Gasteiger partial charge on any atom is -0.454 e. The fraction of sp³-hybridized carbons (Fsp3) is 0.158. The van der Waals surface area contributed by atoms with Gasteiger partial charge in [-0.15, -0.1) is 0 Å². The zero-order valence-electron chi connectivity index (χ0n) is 14.5. The van der Waals surface area contributed by atoms with Crippen molar-refractivity contribution in [3.63, 3.8) is 0 Å². The van der Waals surface area contributed by atoms with Crippen LogP contribution in [0.2, 0.25) is 0 Å². The normalized spacial score (nSPS) is 12.1. The van der Waals surface area contributed by atoms with Gasteiger partial charge in [0, 0.05) is 31.4 Å². The van der Waals surface area contributed by atoms with Crippen molar-refractivity contribution in [1.29, 1.82) is 0 Å². The number of benzene rings is 2. The number of amides is 2. The van der Waals surface area contributed by atoms with Gasteiger partial charge in [-0.3, -0.25) is 20.4 Å². The predicted molar refractivity (Wildman–Crippen MR) is 98.0 cm³/mol. The maximum Gasteiger partial charge on any atom is 0.269 e. The van der Waals surface area contributed by atoms with Crippen LogP contribution in [-0.4, -0.2) is 32.7 Å². The van der Waals surface area contributed by atoms with Crippen LogP contribution in [0.15, 0.2) is 48.5 Å². The summed E-state index contributed by atoms with van der Waals surface area (Å²) in [4.78, 5) is 25.8. The summed E-state index contributed by atoms with van der Waals surface area (Å²) in [6.45, 7) is 0.199. The highest BCUT2D eigenvalue weighted by Crippen LogP contribution is 2.32. The standard InChI is InChI=1S/C19H19N3O4/c1-22(2)15-7-5-14(6-8-15)19(24)21-20-18(23)10-4-13-3-9-16-17(11-13)26-12-25-16/h3-11H,12H2,1-2H3,(H,20,23)(H,21,24)/b10-4+. The molecule has 26 heavy (non-hydrogen) atoms. The SMILES string of the molecule is CN(C)c1ccc(C(=O)NNC(=O)/C=C/c2ccc3c(c2)OCO3)cc1. The maximum atomic E-state index is 12.0. The van der Waals surface area contributed by atoms with Crippen molar-refractivity contribution in [3.8, 4) is 11.5 Å². The summed E-state index contributed by atoms with van der Waals surface area (Å²) >= 11 is 0. The van der Waals surface area contributed by atoms with E-state index in [9.17, 15) is 9.59 Å². The van der Waals surface area contributed by atoms with E-state index in [0.29, 0.717) is 17.1 Å². The van der Waals surface area contributed by atoms with E-state index in [0.717, 1.165) is 11.3 Å². The summed E-state index contributed by atoms with van der Waals surface area (Å²) in [5, 5.41) is 0. The van der Waals surface area contributed by atoms with E-state index < -0.39 is 5.91 Å². The first-order valence-electron chi connectivity index (χ1n) is 7.98. The highest BCUT2D eigenvalue weighted by Gasteiger charge is 2.12. The maximum absolute atomic E-state index is 12.0. The first kappa shape index (κ1) is 17.3. The Morgan fingerprint density at radius 3 is 2.46 bits per heavy atom. The van der Waals surface area contributed by atoms with Crippen LogP contribution in [0.25, 0.3) is 6.08 Å². The van der Waals surface area contributed by atoms with Crippen molar-refractivity contribution < 1.29 is 19.1 Å². The smallest absolute Gasteiger partial charge is 0.269 e. The van der Waals surface area contributed by atoms with Crippen LogP contribution < -0.4 is 25.2 Å². The minimum atomic E-state index is -0.444. The highest BCUT2D eigenvalue weighted by atomic mass is 16.7. The van der Waals surface area contributed by atoms with E-state index >= 15 is 0 Å². The molecule has 2 amide bonds. The summed E-state index contributed by atoms with van der Waals surface area (Å²) in [6, 6.07) is 12.4. The molecular formula is C19H19N3O4. The Hall–Kier alpha value is -3.48. The van der Waals surface area contributed by atoms with Gasteiger partial charge in [0.05, 0.1) is 0 Å². The van der Waals surface area contributed by atoms with Crippen molar-refractivity contribution in [2.24, 2.45) is 0 Å². The lowest BCUT2D eigenvalue weighted by molar-refractivity contribution is -0.117. The van der Waals surface area contributed by atoms with Gasteiger partial charge in [0.15, 0.2) is 11.5 Å². The fourth-order valence-corrected chi connectivity index (χ4v) is 2.33. The Balaban J connectivity index is 1.52. The molecule has 3 rings (SSSR count). The van der Waals surface area contributed by atoms with Gasteiger partial charge in [-0.1, -0.05) is 6.07 Å². The van der Waals surface area contributed by atoms with E-state index in [1.54, 1.807) is 30.3 Å². The molecule has 0 atom stereocenters. The number of anilines is 1. The monoisotopic (exact) mass is 353 g/mol. The summed E-state index contributed by atoms with van der Waals surface area (Å²) in [5.41, 5.74) is 6.95. The van der Waals surface area contributed by atoms with Gasteiger partial charge in [0.2, 0.25) is 6.79 Å². The molecule has 0 radical (unpaired) electrons. The van der Waals surface area contributed by atoms with Gasteiger partial charge in [0.25, 0.3) is 11.8 Å². The second kappa shape index (κ2) is 7.60. The topological polar surface area (TPSA) is 79.9 Å². The zero-order chi connectivity index (χ0) is 18.5. The van der Waals surface area contributed by atoms with E-state index in [1.807, 2.05) is 37.2 Å². The molecule has 7 nitrogen and oxygen atoms in total. The molecule has 7 heteroatoms. The molecule has 2 N–H and O–H groups in total. The molecule has 0 unspecified atom stereocenters. The Kier molecular flexibility index (Phi) is 5.07. The van der Waals surface area contributed by atoms with E-state index in [2.05, 4.69) is 10.9 Å². The van der Waals surface area contributed by atoms with Gasteiger partial charge in [-0.25, -0.2) is 0 Å². The second-order valence-corrected chi connectivity index (χ2v) is 5.83. The Labute approximate surface area is 151 Å². The number of hydrogen-bond acceptors (Lipinski definition) is 5. The fourth-order valence-electron chi connectivity index (χ4n) is 2.33. The van der Waals surface area contributed by atoms with Gasteiger partial charge in [0.1, 0.15) is 0 Å². The van der Waals surface area contributed by atoms with E-state index in [1.165, 1.54) is 6.08 Å². The molecule has 0 saturated heterocycles. The summed E-state index contributed by atoms with van der Waals surface area (Å²) in [7, 11) is 3.84. The summed E-state index contributed by atoms with van der Waals surface area (Å²) < 4.78 is 10.5. The van der Waals surface area contributed by atoms with Crippen molar-refractivity contribution in [3.05, 3.63) is 59.7 Å². The third-order valence-electron chi connectivity index (χ3n) is 3.77. The molecule has 0 bridgehead atoms. The molecule has 0 spiro atoms. The average molecular weight is 353 g/mol. The summed E-state index contributed by atoms with van der Waals surface area (Å²) in [5.74, 6) is 0.488. The summed E-state index contributed by atoms with van der Waals surface area (Å²) in [6.07, 6.45) is 2.95. The van der Waals surface area contributed by atoms with Crippen molar-refractivity contribution in [2.45, 2.75) is 0 Å². The van der Waals surface area contributed by atoms with Crippen LogP contribution in [0.3, 0.4) is 0 Å². The molecule has 0 fully saturated rings. The lowest BCUT2D eigenvalue weighted by Crippen LogP contribution is -2.40. The number of hydrazine groups is 1. The van der Waals surface area contributed by atoms with Crippen molar-refractivity contribution >= 4 is 23.6 Å². The molecule has 0 saturated carbocycles. The number of fused-ring (bicyclic) bond motifs is 1. The quantitative estimate of drug-likeness (QED) is 0.649. The molecular weight excluding hydrogens is 334 g/mol. The molecule has 2 aromatic rings. The molecule has 1 aliphatic rings. The third-order valence-corrected chi connectivity index (χ3v) is 3.77. The lowest BCUT2D eigenvalue weighted by Gasteiger charge is -2.12. The van der Waals surface area contributed by atoms with Gasteiger partial charge in [-0.2, -0.15) is 0 Å². The van der Waals surface area contributed by atoms with E-state index in [4.69, 9.17) is 9.47 Å². The number of rotatable bonds is 4. The largest absolute Gasteiger partial charge is 0.454 e. The third kappa shape index (κ3) is 4.13. The second-order valence-electron chi connectivity index (χ2n) is 5.83. The highest BCUT2D eigenvalue weighted by molar-refractivity contribution is 5.98. The molecule has 2 aromatic carbocycles. The predicted octanol–water partition coefficient (Wildman–Crippen LogP) is 1.96. The molecule has 134 valence electrons. The number of ether oxygens (including phenoxy) is 2. The number of nitrogens with zero attached hydrogens (tertiary/aromatic N) is 1. The van der Waals surface area contributed by atoms with E-state index in [-0.39, 0.29) is 12.7 Å². The zero-order valence-corrected chi connectivity index (χ0v) is 14.5. The first-order chi connectivity index (χ1) is 12.5.